The van der Waals surface area contributed by atoms with E-state index in [0.29, 0.717) is 12.5 Å². The van der Waals surface area contributed by atoms with E-state index in [4.69, 9.17) is 5.73 Å². The molecule has 2 rings (SSSR count). The zero-order chi connectivity index (χ0) is 12.8. The highest BCUT2D eigenvalue weighted by molar-refractivity contribution is 5.84. The molecule has 0 aromatic rings. The number of likely N-dealkylation sites (tertiary alicyclic amines) is 1. The lowest BCUT2D eigenvalue weighted by molar-refractivity contribution is -0.137. The molecule has 0 aromatic carbocycles. The molecule has 2 fully saturated rings. The van der Waals surface area contributed by atoms with E-state index in [1.165, 1.54) is 6.42 Å². The summed E-state index contributed by atoms with van der Waals surface area (Å²) in [5.41, 5.74) is 6.07. The largest absolute Gasteiger partial charge is 0.338 e. The Morgan fingerprint density at radius 3 is 2.29 bits per heavy atom. The van der Waals surface area contributed by atoms with Crippen molar-refractivity contribution in [3.63, 3.8) is 0 Å². The summed E-state index contributed by atoms with van der Waals surface area (Å²) >= 11 is 0. The summed E-state index contributed by atoms with van der Waals surface area (Å²) in [6, 6.07) is 0.281. The van der Waals surface area contributed by atoms with E-state index in [1.807, 2.05) is 0 Å². The predicted octanol–water partition coefficient (Wildman–Crippen LogP) is 2.01. The maximum atomic E-state index is 12.6. The third kappa shape index (κ3) is 1.79. The molecule has 1 heterocycles. The van der Waals surface area contributed by atoms with Crippen molar-refractivity contribution in [2.24, 2.45) is 22.5 Å². The highest BCUT2D eigenvalue weighted by Crippen LogP contribution is 2.68. The number of rotatable bonds is 2. The van der Waals surface area contributed by atoms with Gasteiger partial charge in [0.05, 0.1) is 0 Å². The molecule has 98 valence electrons. The van der Waals surface area contributed by atoms with Crippen molar-refractivity contribution >= 4 is 5.91 Å². The molecule has 0 aromatic heterocycles. The first-order valence-corrected chi connectivity index (χ1v) is 6.84. The first-order chi connectivity index (χ1) is 7.84. The Hall–Kier alpha value is -0.570. The Morgan fingerprint density at radius 2 is 1.82 bits per heavy atom. The Kier molecular flexibility index (Phi) is 3.01. The maximum absolute atomic E-state index is 12.6. The molecule has 0 bridgehead atoms. The van der Waals surface area contributed by atoms with Crippen LogP contribution >= 0.6 is 0 Å². The smallest absolute Gasteiger partial charge is 0.227 e. The predicted molar refractivity (Wildman–Crippen MR) is 69.5 cm³/mol. The van der Waals surface area contributed by atoms with Gasteiger partial charge in [-0.05, 0) is 30.1 Å². The van der Waals surface area contributed by atoms with Crippen LogP contribution in [0.25, 0.3) is 0 Å². The van der Waals surface area contributed by atoms with Crippen LogP contribution in [0.3, 0.4) is 0 Å². The van der Waals surface area contributed by atoms with Gasteiger partial charge in [0.1, 0.15) is 0 Å². The van der Waals surface area contributed by atoms with Crippen LogP contribution in [0.4, 0.5) is 0 Å². The quantitative estimate of drug-likeness (QED) is 0.800. The molecule has 1 saturated heterocycles. The van der Waals surface area contributed by atoms with Crippen LogP contribution < -0.4 is 5.73 Å². The molecule has 1 atom stereocenters. The van der Waals surface area contributed by atoms with Gasteiger partial charge in [-0.25, -0.2) is 0 Å². The number of hydrogen-bond donors (Lipinski definition) is 1. The van der Waals surface area contributed by atoms with Gasteiger partial charge in [0.15, 0.2) is 0 Å². The van der Waals surface area contributed by atoms with Gasteiger partial charge in [-0.3, -0.25) is 4.79 Å². The Morgan fingerprint density at radius 1 is 1.24 bits per heavy atom. The number of nitrogens with two attached hydrogens (primary N) is 1. The second kappa shape index (κ2) is 3.98. The number of hydrogen-bond acceptors (Lipinski definition) is 2. The van der Waals surface area contributed by atoms with E-state index in [0.717, 1.165) is 19.4 Å². The van der Waals surface area contributed by atoms with E-state index < -0.39 is 0 Å². The number of nitrogens with zero attached hydrogens (tertiary/aromatic N) is 1. The van der Waals surface area contributed by atoms with Crippen molar-refractivity contribution in [1.29, 1.82) is 0 Å². The monoisotopic (exact) mass is 238 g/mol. The van der Waals surface area contributed by atoms with Gasteiger partial charge in [0, 0.05) is 25.0 Å². The highest BCUT2D eigenvalue weighted by atomic mass is 16.2. The van der Waals surface area contributed by atoms with Gasteiger partial charge < -0.3 is 10.6 Å². The third-order valence-electron chi connectivity index (χ3n) is 5.45. The van der Waals surface area contributed by atoms with Gasteiger partial charge in [-0.15, -0.1) is 0 Å². The molecule has 1 saturated carbocycles. The summed E-state index contributed by atoms with van der Waals surface area (Å²) in [7, 11) is 0. The van der Waals surface area contributed by atoms with Gasteiger partial charge in [0.25, 0.3) is 0 Å². The second-order valence-electron chi connectivity index (χ2n) is 6.79. The summed E-state index contributed by atoms with van der Waals surface area (Å²) in [6.45, 7) is 10.3. The molecule has 1 unspecified atom stereocenters. The van der Waals surface area contributed by atoms with Crippen molar-refractivity contribution < 1.29 is 4.79 Å². The molecule has 3 nitrogen and oxygen atoms in total. The molecular formula is C14H26N2O. The van der Waals surface area contributed by atoms with Crippen LogP contribution in [0, 0.1) is 16.7 Å². The molecule has 0 radical (unpaired) electrons. The van der Waals surface area contributed by atoms with E-state index in [2.05, 4.69) is 32.6 Å². The summed E-state index contributed by atoms with van der Waals surface area (Å²) < 4.78 is 0. The van der Waals surface area contributed by atoms with E-state index >= 15 is 0 Å². The van der Waals surface area contributed by atoms with Gasteiger partial charge in [0.2, 0.25) is 5.91 Å². The summed E-state index contributed by atoms with van der Waals surface area (Å²) in [5, 5.41) is 0. The number of carbonyl (C=O) groups excluding carboxylic acids is 1. The van der Waals surface area contributed by atoms with E-state index in [9.17, 15) is 4.79 Å². The fourth-order valence-electron chi connectivity index (χ4n) is 3.52. The zero-order valence-corrected chi connectivity index (χ0v) is 11.6. The van der Waals surface area contributed by atoms with Crippen LogP contribution in [0.1, 0.15) is 47.0 Å². The lowest BCUT2D eigenvalue weighted by Crippen LogP contribution is -2.48. The normalized spacial score (nSPS) is 31.4. The van der Waals surface area contributed by atoms with Crippen molar-refractivity contribution in [3.05, 3.63) is 0 Å². The molecule has 1 aliphatic carbocycles. The molecule has 1 aliphatic heterocycles. The van der Waals surface area contributed by atoms with Crippen molar-refractivity contribution in [3.8, 4) is 0 Å². The lowest BCUT2D eigenvalue weighted by atomic mass is 10.0. The molecule has 2 N–H and O–H groups in total. The Bertz CT molecular complexity index is 308. The topological polar surface area (TPSA) is 46.3 Å². The zero-order valence-electron chi connectivity index (χ0n) is 11.6. The Labute approximate surface area is 105 Å². The fourth-order valence-corrected chi connectivity index (χ4v) is 3.52. The molecule has 2 aliphatic rings. The molecule has 17 heavy (non-hydrogen) atoms. The van der Waals surface area contributed by atoms with Crippen molar-refractivity contribution in [2.75, 3.05) is 13.1 Å². The Balaban J connectivity index is 2.10. The van der Waals surface area contributed by atoms with Gasteiger partial charge in [-0.2, -0.15) is 0 Å². The average molecular weight is 238 g/mol. The average Bonchev–Trinajstić information content (AvgIpc) is 2.68. The first kappa shape index (κ1) is 12.9. The van der Waals surface area contributed by atoms with Crippen LogP contribution in [0.5, 0.6) is 0 Å². The maximum Gasteiger partial charge on any atom is 0.227 e. The second-order valence-corrected chi connectivity index (χ2v) is 6.79. The number of amides is 1. The van der Waals surface area contributed by atoms with Crippen molar-refractivity contribution in [1.82, 2.24) is 4.90 Å². The highest BCUT2D eigenvalue weighted by Gasteiger charge is 2.69. The SMILES string of the molecule is CC1(C)C(C(=O)N2CCCCC2CN)C1(C)C. The number of piperidine rings is 1. The molecule has 0 spiro atoms. The van der Waals surface area contributed by atoms with E-state index in [1.54, 1.807) is 0 Å². The van der Waals surface area contributed by atoms with Crippen LogP contribution in [0.2, 0.25) is 0 Å². The van der Waals surface area contributed by atoms with Gasteiger partial charge >= 0.3 is 0 Å². The van der Waals surface area contributed by atoms with E-state index in [-0.39, 0.29) is 22.8 Å². The standard InChI is InChI=1S/C14H26N2O/c1-13(2)11(14(13,3)4)12(17)16-8-6-5-7-10(16)9-15/h10-11H,5-9,15H2,1-4H3. The van der Waals surface area contributed by atoms with Crippen molar-refractivity contribution in [2.45, 2.75) is 53.0 Å². The number of carbonyl (C=O) groups is 1. The third-order valence-corrected chi connectivity index (χ3v) is 5.45. The molecular weight excluding hydrogens is 212 g/mol. The van der Waals surface area contributed by atoms with Crippen LogP contribution in [-0.4, -0.2) is 29.9 Å². The molecule has 3 heteroatoms. The minimum Gasteiger partial charge on any atom is -0.338 e. The molecule has 1 amide bonds. The first-order valence-electron chi connectivity index (χ1n) is 6.84. The summed E-state index contributed by atoms with van der Waals surface area (Å²) in [4.78, 5) is 14.7. The lowest BCUT2D eigenvalue weighted by Gasteiger charge is -2.35. The summed E-state index contributed by atoms with van der Waals surface area (Å²) in [5.74, 6) is 0.525. The van der Waals surface area contributed by atoms with Crippen LogP contribution in [0.15, 0.2) is 0 Å². The fraction of sp³-hybridized carbons (Fsp3) is 0.929. The minimum atomic E-state index is 0.140. The minimum absolute atomic E-state index is 0.140. The van der Waals surface area contributed by atoms with Gasteiger partial charge in [-0.1, -0.05) is 27.7 Å². The summed E-state index contributed by atoms with van der Waals surface area (Å²) in [6.07, 6.45) is 3.43. The van der Waals surface area contributed by atoms with Crippen LogP contribution in [-0.2, 0) is 4.79 Å².